The van der Waals surface area contributed by atoms with E-state index in [-0.39, 0.29) is 5.88 Å². The van der Waals surface area contributed by atoms with Crippen molar-refractivity contribution in [3.05, 3.63) is 42.6 Å². The quantitative estimate of drug-likeness (QED) is 0.634. The lowest BCUT2D eigenvalue weighted by molar-refractivity contribution is -0.142. The molecular formula is C12H7NO4. The monoisotopic (exact) mass is 229 g/mol. The Bertz CT molecular complexity index is 654. The molecule has 0 fully saturated rings. The summed E-state index contributed by atoms with van der Waals surface area (Å²) in [5.41, 5.74) is 0. The highest BCUT2D eigenvalue weighted by atomic mass is 16.7. The molecule has 17 heavy (non-hydrogen) atoms. The molecule has 0 saturated heterocycles. The minimum Gasteiger partial charge on any atom is -0.402 e. The van der Waals surface area contributed by atoms with Crippen LogP contribution < -0.4 is 9.57 Å². The molecule has 0 N–H and O–H groups in total. The summed E-state index contributed by atoms with van der Waals surface area (Å²) < 4.78 is 6.26. The van der Waals surface area contributed by atoms with Gasteiger partial charge in [-0.1, -0.05) is 18.2 Å². The third-order valence-electron chi connectivity index (χ3n) is 2.39. The largest absolute Gasteiger partial charge is 0.402 e. The molecule has 0 spiro atoms. The van der Waals surface area contributed by atoms with E-state index < -0.39 is 11.9 Å². The van der Waals surface area contributed by atoms with Crippen LogP contribution in [-0.4, -0.2) is 16.7 Å². The fourth-order valence-electron chi connectivity index (χ4n) is 1.67. The first kappa shape index (κ1) is 9.65. The van der Waals surface area contributed by atoms with Gasteiger partial charge in [0.05, 0.1) is 6.20 Å². The van der Waals surface area contributed by atoms with Crippen molar-refractivity contribution in [3.63, 3.8) is 0 Å². The van der Waals surface area contributed by atoms with Crippen molar-refractivity contribution in [2.45, 2.75) is 0 Å². The topological polar surface area (TPSA) is 57.5 Å². The summed E-state index contributed by atoms with van der Waals surface area (Å²) in [6.07, 6.45) is 3.65. The zero-order valence-corrected chi connectivity index (χ0v) is 8.62. The molecule has 0 aliphatic carbocycles. The predicted molar refractivity (Wildman–Crippen MR) is 58.3 cm³/mol. The number of carbonyl (C=O) groups excluding carboxylic acids is 2. The maximum Gasteiger partial charge on any atom is 0.356 e. The van der Waals surface area contributed by atoms with Crippen LogP contribution in [0.1, 0.15) is 0 Å². The highest BCUT2D eigenvalue weighted by molar-refractivity contribution is 5.96. The number of aromatic nitrogens is 1. The maximum atomic E-state index is 11.4. The fraction of sp³-hybridized carbons (Fsp3) is 0. The Hall–Kier alpha value is -2.56. The van der Waals surface area contributed by atoms with E-state index >= 15 is 0 Å². The smallest absolute Gasteiger partial charge is 0.356 e. The molecule has 1 aromatic carbocycles. The number of carbonyl (C=O) groups is 2. The Morgan fingerprint density at radius 3 is 2.65 bits per heavy atom. The van der Waals surface area contributed by atoms with Crippen LogP contribution in [0.3, 0.4) is 0 Å². The summed E-state index contributed by atoms with van der Waals surface area (Å²) in [6.45, 7) is 0. The number of hydrogen-bond acceptors (Lipinski definition) is 4. The van der Waals surface area contributed by atoms with Crippen LogP contribution in [0.2, 0.25) is 0 Å². The van der Waals surface area contributed by atoms with Crippen LogP contribution >= 0.6 is 0 Å². The number of rotatable bonds is 0. The lowest BCUT2D eigenvalue weighted by atomic mass is 10.2. The van der Waals surface area contributed by atoms with Gasteiger partial charge in [0.2, 0.25) is 5.88 Å². The van der Waals surface area contributed by atoms with E-state index in [1.165, 1.54) is 0 Å². The normalized spacial score (nSPS) is 16.7. The van der Waals surface area contributed by atoms with Crippen molar-refractivity contribution < 1.29 is 19.2 Å². The molecule has 1 aliphatic heterocycles. The average molecular weight is 229 g/mol. The number of nitrogens with zero attached hydrogens (tertiary/aromatic N) is 1. The van der Waals surface area contributed by atoms with E-state index in [0.29, 0.717) is 5.39 Å². The molecule has 0 unspecified atom stereocenters. The summed E-state index contributed by atoms with van der Waals surface area (Å²) in [6, 6.07) is 7.28. The Labute approximate surface area is 95.8 Å². The average Bonchev–Trinajstić information content (AvgIpc) is 2.63. The zero-order valence-electron chi connectivity index (χ0n) is 8.62. The van der Waals surface area contributed by atoms with Crippen LogP contribution in [0.25, 0.3) is 10.8 Å². The minimum absolute atomic E-state index is 0.211. The molecule has 0 saturated carbocycles. The Kier molecular flexibility index (Phi) is 1.98. The van der Waals surface area contributed by atoms with Gasteiger partial charge in [-0.15, -0.1) is 4.73 Å². The van der Waals surface area contributed by atoms with E-state index in [0.717, 1.165) is 22.3 Å². The van der Waals surface area contributed by atoms with Gasteiger partial charge in [0.1, 0.15) is 0 Å². The molecule has 5 nitrogen and oxygen atoms in total. The van der Waals surface area contributed by atoms with Gasteiger partial charge < -0.3 is 9.57 Å². The third kappa shape index (κ3) is 1.57. The first-order chi connectivity index (χ1) is 8.24. The molecule has 0 bridgehead atoms. The van der Waals surface area contributed by atoms with Crippen molar-refractivity contribution in [1.29, 1.82) is 0 Å². The summed E-state index contributed by atoms with van der Waals surface area (Å²) in [5, 5.41) is 1.54. The van der Waals surface area contributed by atoms with Gasteiger partial charge in [0, 0.05) is 22.9 Å². The lowest BCUT2D eigenvalue weighted by Crippen LogP contribution is -2.22. The molecule has 0 radical (unpaired) electrons. The molecule has 1 aliphatic rings. The van der Waals surface area contributed by atoms with Gasteiger partial charge in [-0.3, -0.25) is 0 Å². The Balaban J connectivity index is 2.23. The third-order valence-corrected chi connectivity index (χ3v) is 2.39. The second kappa shape index (κ2) is 3.48. The van der Waals surface area contributed by atoms with E-state index in [1.807, 2.05) is 18.2 Å². The maximum absolute atomic E-state index is 11.4. The van der Waals surface area contributed by atoms with E-state index in [2.05, 4.69) is 0 Å². The highest BCUT2D eigenvalue weighted by Gasteiger charge is 2.18. The Morgan fingerprint density at radius 2 is 1.76 bits per heavy atom. The summed E-state index contributed by atoms with van der Waals surface area (Å²) in [5.74, 6) is -1.02. The van der Waals surface area contributed by atoms with Gasteiger partial charge in [-0.05, 0) is 6.07 Å². The van der Waals surface area contributed by atoms with Crippen LogP contribution in [-0.2, 0) is 9.59 Å². The van der Waals surface area contributed by atoms with Crippen molar-refractivity contribution in [2.75, 3.05) is 0 Å². The molecule has 5 heteroatoms. The van der Waals surface area contributed by atoms with E-state index in [1.54, 1.807) is 12.3 Å². The first-order valence-corrected chi connectivity index (χ1v) is 4.96. The van der Waals surface area contributed by atoms with E-state index in [9.17, 15) is 9.59 Å². The lowest BCUT2D eigenvalue weighted by Gasteiger charge is -2.09. The minimum atomic E-state index is -0.622. The SMILES string of the molecule is O=C1/C=C\C(=O)On2cc3ccccc3c2O1. The van der Waals surface area contributed by atoms with Crippen LogP contribution in [0.5, 0.6) is 5.88 Å². The van der Waals surface area contributed by atoms with Crippen LogP contribution in [0.4, 0.5) is 0 Å². The molecule has 3 rings (SSSR count). The van der Waals surface area contributed by atoms with Crippen molar-refractivity contribution >= 4 is 22.7 Å². The second-order valence-electron chi connectivity index (χ2n) is 3.51. The summed E-state index contributed by atoms with van der Waals surface area (Å²) in [4.78, 5) is 27.6. The van der Waals surface area contributed by atoms with Crippen molar-refractivity contribution in [1.82, 2.24) is 4.73 Å². The van der Waals surface area contributed by atoms with Gasteiger partial charge in [0.15, 0.2) is 0 Å². The molecule has 2 heterocycles. The number of ether oxygens (including phenoxy) is 1. The van der Waals surface area contributed by atoms with E-state index in [4.69, 9.17) is 9.57 Å². The highest BCUT2D eigenvalue weighted by Crippen LogP contribution is 2.27. The van der Waals surface area contributed by atoms with Gasteiger partial charge in [0.25, 0.3) is 0 Å². The molecule has 0 amide bonds. The molecule has 1 aromatic heterocycles. The van der Waals surface area contributed by atoms with Gasteiger partial charge in [-0.25, -0.2) is 9.59 Å². The molecule has 84 valence electrons. The van der Waals surface area contributed by atoms with Crippen molar-refractivity contribution in [2.24, 2.45) is 0 Å². The second-order valence-corrected chi connectivity index (χ2v) is 3.51. The van der Waals surface area contributed by atoms with Crippen LogP contribution in [0, 0.1) is 0 Å². The number of fused-ring (bicyclic) bond motifs is 3. The number of hydrogen-bond donors (Lipinski definition) is 0. The molecule has 0 atom stereocenters. The molecule has 2 aromatic rings. The van der Waals surface area contributed by atoms with Gasteiger partial charge in [-0.2, -0.15) is 0 Å². The summed E-state index contributed by atoms with van der Waals surface area (Å²) in [7, 11) is 0. The predicted octanol–water partition coefficient (Wildman–Crippen LogP) is 1.07. The fourth-order valence-corrected chi connectivity index (χ4v) is 1.67. The molecular weight excluding hydrogens is 222 g/mol. The zero-order chi connectivity index (χ0) is 11.8. The first-order valence-electron chi connectivity index (χ1n) is 4.96. The number of benzene rings is 1. The number of esters is 1. The van der Waals surface area contributed by atoms with Gasteiger partial charge >= 0.3 is 11.9 Å². The summed E-state index contributed by atoms with van der Waals surface area (Å²) >= 11 is 0. The van der Waals surface area contributed by atoms with Crippen molar-refractivity contribution in [3.8, 4) is 5.88 Å². The standard InChI is InChI=1S/C12H7NO4/c14-10-5-6-11(15)17-13-7-8-3-1-2-4-9(8)12(13)16-10/h1-7H/b6-5-. The van der Waals surface area contributed by atoms with Crippen LogP contribution in [0.15, 0.2) is 42.6 Å². The Morgan fingerprint density at radius 1 is 1.00 bits per heavy atom.